The smallest absolute Gasteiger partial charge is 0.227 e. The van der Waals surface area contributed by atoms with Crippen molar-refractivity contribution >= 4 is 5.91 Å². The molecule has 0 aromatic carbocycles. The Bertz CT molecular complexity index is 244. The number of piperidine rings is 1. The van der Waals surface area contributed by atoms with Crippen molar-refractivity contribution in [2.45, 2.75) is 53.4 Å². The molecule has 0 spiro atoms. The molecular formula is C14H28N2O. The van der Waals surface area contributed by atoms with Crippen LogP contribution in [0, 0.1) is 10.8 Å². The molecule has 1 unspecified atom stereocenters. The van der Waals surface area contributed by atoms with Gasteiger partial charge in [-0.3, -0.25) is 4.79 Å². The zero-order valence-electron chi connectivity index (χ0n) is 11.9. The average Bonchev–Trinajstić information content (AvgIpc) is 2.26. The predicted octanol–water partition coefficient (Wildman–Crippen LogP) is 2.32. The van der Waals surface area contributed by atoms with E-state index < -0.39 is 0 Å². The maximum Gasteiger partial charge on any atom is 0.227 e. The number of carbonyl (C=O) groups is 1. The molecule has 1 fully saturated rings. The molecule has 0 aliphatic carbocycles. The van der Waals surface area contributed by atoms with Gasteiger partial charge in [0.05, 0.1) is 5.41 Å². The molecule has 1 rings (SSSR count). The van der Waals surface area contributed by atoms with E-state index in [1.807, 2.05) is 0 Å². The fraction of sp³-hybridized carbons (Fsp3) is 0.929. The second kappa shape index (κ2) is 5.85. The Hall–Kier alpha value is -0.570. The molecule has 0 aromatic heterocycles. The highest BCUT2D eigenvalue weighted by atomic mass is 16.2. The number of hydrogen-bond donors (Lipinski definition) is 2. The van der Waals surface area contributed by atoms with E-state index >= 15 is 0 Å². The molecule has 1 saturated heterocycles. The molecule has 0 bridgehead atoms. The van der Waals surface area contributed by atoms with Crippen molar-refractivity contribution in [3.63, 3.8) is 0 Å². The zero-order chi connectivity index (χ0) is 12.9. The van der Waals surface area contributed by atoms with Crippen LogP contribution >= 0.6 is 0 Å². The molecule has 0 saturated carbocycles. The van der Waals surface area contributed by atoms with Crippen LogP contribution < -0.4 is 10.6 Å². The van der Waals surface area contributed by atoms with Gasteiger partial charge >= 0.3 is 0 Å². The lowest BCUT2D eigenvalue weighted by Crippen LogP contribution is -2.51. The molecule has 1 atom stereocenters. The summed E-state index contributed by atoms with van der Waals surface area (Å²) >= 11 is 0. The maximum atomic E-state index is 12.4. The Kier molecular flexibility index (Phi) is 4.99. The van der Waals surface area contributed by atoms with Crippen LogP contribution in [-0.2, 0) is 4.79 Å². The second-order valence-corrected chi connectivity index (χ2v) is 6.55. The Morgan fingerprint density at radius 2 is 2.12 bits per heavy atom. The average molecular weight is 240 g/mol. The topological polar surface area (TPSA) is 41.1 Å². The summed E-state index contributed by atoms with van der Waals surface area (Å²) in [6.07, 6.45) is 4.22. The van der Waals surface area contributed by atoms with E-state index in [4.69, 9.17) is 0 Å². The number of rotatable bonds is 4. The molecule has 2 N–H and O–H groups in total. The zero-order valence-corrected chi connectivity index (χ0v) is 11.9. The number of carbonyl (C=O) groups excluding carboxylic acids is 1. The van der Waals surface area contributed by atoms with Gasteiger partial charge in [-0.1, -0.05) is 34.1 Å². The summed E-state index contributed by atoms with van der Waals surface area (Å²) in [6.45, 7) is 11.3. The molecule has 0 radical (unpaired) electrons. The number of amides is 1. The van der Waals surface area contributed by atoms with E-state index in [-0.39, 0.29) is 16.7 Å². The van der Waals surface area contributed by atoms with E-state index in [0.29, 0.717) is 0 Å². The summed E-state index contributed by atoms with van der Waals surface area (Å²) in [7, 11) is 0. The van der Waals surface area contributed by atoms with Gasteiger partial charge in [0, 0.05) is 13.1 Å². The van der Waals surface area contributed by atoms with Gasteiger partial charge in [-0.15, -0.1) is 0 Å². The van der Waals surface area contributed by atoms with Gasteiger partial charge in [-0.2, -0.15) is 0 Å². The molecule has 100 valence electrons. The van der Waals surface area contributed by atoms with Crippen LogP contribution in [0.1, 0.15) is 53.4 Å². The quantitative estimate of drug-likeness (QED) is 0.792. The molecule has 3 nitrogen and oxygen atoms in total. The van der Waals surface area contributed by atoms with Crippen LogP contribution in [0.5, 0.6) is 0 Å². The first-order valence-electron chi connectivity index (χ1n) is 6.89. The lowest BCUT2D eigenvalue weighted by atomic mass is 9.76. The lowest BCUT2D eigenvalue weighted by Gasteiger charge is -2.37. The minimum Gasteiger partial charge on any atom is -0.355 e. The van der Waals surface area contributed by atoms with E-state index in [2.05, 4.69) is 38.3 Å². The molecule has 3 heteroatoms. The molecule has 1 heterocycles. The SMILES string of the molecule is CCCC1(C(=O)NCC(C)(C)C)CCCNC1. The van der Waals surface area contributed by atoms with Crippen molar-refractivity contribution in [3.05, 3.63) is 0 Å². The summed E-state index contributed by atoms with van der Waals surface area (Å²) in [5.74, 6) is 0.251. The summed E-state index contributed by atoms with van der Waals surface area (Å²) in [6, 6.07) is 0. The molecule has 1 amide bonds. The maximum absolute atomic E-state index is 12.4. The summed E-state index contributed by atoms with van der Waals surface area (Å²) in [4.78, 5) is 12.4. The van der Waals surface area contributed by atoms with Crippen LogP contribution in [0.4, 0.5) is 0 Å². The van der Waals surface area contributed by atoms with Crippen molar-refractivity contribution in [2.24, 2.45) is 10.8 Å². The van der Waals surface area contributed by atoms with E-state index in [0.717, 1.165) is 45.3 Å². The van der Waals surface area contributed by atoms with Crippen LogP contribution in [0.15, 0.2) is 0 Å². The second-order valence-electron chi connectivity index (χ2n) is 6.55. The van der Waals surface area contributed by atoms with E-state index in [1.165, 1.54) is 0 Å². The van der Waals surface area contributed by atoms with E-state index in [1.54, 1.807) is 0 Å². The van der Waals surface area contributed by atoms with Crippen LogP contribution in [0.3, 0.4) is 0 Å². The standard InChI is InChI=1S/C14H28N2O/c1-5-7-14(8-6-9-15-11-14)12(17)16-10-13(2,3)4/h15H,5-11H2,1-4H3,(H,16,17). The van der Waals surface area contributed by atoms with Gasteiger partial charge in [0.25, 0.3) is 0 Å². The minimum atomic E-state index is -0.155. The van der Waals surface area contributed by atoms with Crippen LogP contribution in [0.2, 0.25) is 0 Å². The fourth-order valence-electron chi connectivity index (χ4n) is 2.50. The van der Waals surface area contributed by atoms with Crippen molar-refractivity contribution in [2.75, 3.05) is 19.6 Å². The highest BCUT2D eigenvalue weighted by molar-refractivity contribution is 5.83. The first-order valence-corrected chi connectivity index (χ1v) is 6.89. The summed E-state index contributed by atoms with van der Waals surface area (Å²) in [5, 5.41) is 6.52. The normalized spacial score (nSPS) is 25.6. The van der Waals surface area contributed by atoms with E-state index in [9.17, 15) is 4.79 Å². The largest absolute Gasteiger partial charge is 0.355 e. The summed E-state index contributed by atoms with van der Waals surface area (Å²) < 4.78 is 0. The minimum absolute atomic E-state index is 0.155. The molecule has 1 aliphatic rings. The first kappa shape index (κ1) is 14.5. The Balaban J connectivity index is 2.60. The highest BCUT2D eigenvalue weighted by Crippen LogP contribution is 2.32. The monoisotopic (exact) mass is 240 g/mol. The lowest BCUT2D eigenvalue weighted by molar-refractivity contribution is -0.133. The molecule has 0 aromatic rings. The van der Waals surface area contributed by atoms with Crippen LogP contribution in [-0.4, -0.2) is 25.5 Å². The molecule has 17 heavy (non-hydrogen) atoms. The van der Waals surface area contributed by atoms with Crippen LogP contribution in [0.25, 0.3) is 0 Å². The highest BCUT2D eigenvalue weighted by Gasteiger charge is 2.38. The first-order chi connectivity index (χ1) is 7.90. The Morgan fingerprint density at radius 3 is 2.59 bits per heavy atom. The van der Waals surface area contributed by atoms with Crippen molar-refractivity contribution < 1.29 is 4.79 Å². The van der Waals surface area contributed by atoms with Crippen molar-refractivity contribution in [3.8, 4) is 0 Å². The van der Waals surface area contributed by atoms with Gasteiger partial charge in [-0.05, 0) is 31.2 Å². The third kappa shape index (κ3) is 4.30. The third-order valence-electron chi connectivity index (χ3n) is 3.46. The summed E-state index contributed by atoms with van der Waals surface area (Å²) in [5.41, 5.74) is 0.00338. The van der Waals surface area contributed by atoms with Gasteiger partial charge < -0.3 is 10.6 Å². The molecule has 1 aliphatic heterocycles. The van der Waals surface area contributed by atoms with Gasteiger partial charge in [0.2, 0.25) is 5.91 Å². The Morgan fingerprint density at radius 1 is 1.41 bits per heavy atom. The van der Waals surface area contributed by atoms with Gasteiger partial charge in [0.1, 0.15) is 0 Å². The number of nitrogens with one attached hydrogen (secondary N) is 2. The Labute approximate surface area is 106 Å². The molecular weight excluding hydrogens is 212 g/mol. The van der Waals surface area contributed by atoms with Crippen molar-refractivity contribution in [1.82, 2.24) is 10.6 Å². The van der Waals surface area contributed by atoms with Gasteiger partial charge in [0.15, 0.2) is 0 Å². The third-order valence-corrected chi connectivity index (χ3v) is 3.46. The fourth-order valence-corrected chi connectivity index (χ4v) is 2.50. The van der Waals surface area contributed by atoms with Crippen molar-refractivity contribution in [1.29, 1.82) is 0 Å². The predicted molar refractivity (Wildman–Crippen MR) is 71.9 cm³/mol. The number of hydrogen-bond acceptors (Lipinski definition) is 2. The van der Waals surface area contributed by atoms with Gasteiger partial charge in [-0.25, -0.2) is 0 Å².